The maximum Gasteiger partial charge on any atom is 0.337 e. The highest BCUT2D eigenvalue weighted by molar-refractivity contribution is 5.98. The zero-order valence-electron chi connectivity index (χ0n) is 10.7. The summed E-state index contributed by atoms with van der Waals surface area (Å²) < 4.78 is 4.63. The van der Waals surface area contributed by atoms with Crippen LogP contribution in [0.25, 0.3) is 11.1 Å². The third-order valence-electron chi connectivity index (χ3n) is 2.75. The van der Waals surface area contributed by atoms with Crippen molar-refractivity contribution in [2.45, 2.75) is 0 Å². The molecule has 0 aliphatic rings. The normalized spacial score (nSPS) is 10.1. The monoisotopic (exact) mass is 272 g/mol. The van der Waals surface area contributed by atoms with Crippen LogP contribution in [0.3, 0.4) is 0 Å². The number of nitrogens with two attached hydrogens (primary N) is 1. The number of methoxy groups -OCH3 is 1. The van der Waals surface area contributed by atoms with Crippen molar-refractivity contribution in [2.75, 3.05) is 12.8 Å². The minimum Gasteiger partial charge on any atom is -0.478 e. The third-order valence-corrected chi connectivity index (χ3v) is 2.75. The molecule has 1 heterocycles. The lowest BCUT2D eigenvalue weighted by Crippen LogP contribution is -2.04. The summed E-state index contributed by atoms with van der Waals surface area (Å²) in [5.41, 5.74) is 6.79. The molecule has 0 aliphatic heterocycles. The highest BCUT2D eigenvalue weighted by atomic mass is 16.5. The summed E-state index contributed by atoms with van der Waals surface area (Å²) in [6, 6.07) is 7.74. The number of nitrogens with zero attached hydrogens (tertiary/aromatic N) is 1. The van der Waals surface area contributed by atoms with Crippen molar-refractivity contribution >= 4 is 17.8 Å². The van der Waals surface area contributed by atoms with E-state index in [1.807, 2.05) is 0 Å². The van der Waals surface area contributed by atoms with Crippen LogP contribution in [0.1, 0.15) is 20.7 Å². The van der Waals surface area contributed by atoms with Gasteiger partial charge < -0.3 is 15.6 Å². The zero-order valence-corrected chi connectivity index (χ0v) is 10.7. The van der Waals surface area contributed by atoms with Crippen molar-refractivity contribution in [1.82, 2.24) is 4.98 Å². The first-order chi connectivity index (χ1) is 9.52. The number of benzene rings is 1. The maximum absolute atomic E-state index is 11.5. The van der Waals surface area contributed by atoms with E-state index in [1.54, 1.807) is 24.3 Å². The summed E-state index contributed by atoms with van der Waals surface area (Å²) >= 11 is 0. The number of carbonyl (C=O) groups is 2. The second kappa shape index (κ2) is 5.40. The fraction of sp³-hybridized carbons (Fsp3) is 0.0714. The molecule has 0 saturated carbocycles. The highest BCUT2D eigenvalue weighted by Crippen LogP contribution is 2.25. The van der Waals surface area contributed by atoms with E-state index >= 15 is 0 Å². The minimum absolute atomic E-state index is 0.0273. The Morgan fingerprint density at radius 2 is 2.05 bits per heavy atom. The van der Waals surface area contributed by atoms with Gasteiger partial charge in [0.1, 0.15) is 5.82 Å². The van der Waals surface area contributed by atoms with E-state index in [1.165, 1.54) is 19.4 Å². The number of ether oxygens (including phenoxy) is 1. The van der Waals surface area contributed by atoms with Crippen LogP contribution in [0.2, 0.25) is 0 Å². The number of rotatable bonds is 3. The van der Waals surface area contributed by atoms with E-state index in [4.69, 9.17) is 5.73 Å². The first-order valence-electron chi connectivity index (χ1n) is 5.70. The molecule has 0 fully saturated rings. The van der Waals surface area contributed by atoms with Crippen molar-refractivity contribution in [3.8, 4) is 11.1 Å². The van der Waals surface area contributed by atoms with Crippen molar-refractivity contribution in [2.24, 2.45) is 0 Å². The molecule has 3 N–H and O–H groups in total. The molecule has 102 valence electrons. The summed E-state index contributed by atoms with van der Waals surface area (Å²) in [6.45, 7) is 0. The number of hydrogen-bond acceptors (Lipinski definition) is 5. The van der Waals surface area contributed by atoms with Crippen LogP contribution >= 0.6 is 0 Å². The van der Waals surface area contributed by atoms with E-state index in [0.29, 0.717) is 16.7 Å². The van der Waals surface area contributed by atoms with Crippen LogP contribution in [0.4, 0.5) is 5.82 Å². The number of pyridine rings is 1. The average molecular weight is 272 g/mol. The predicted molar refractivity (Wildman–Crippen MR) is 72.4 cm³/mol. The minimum atomic E-state index is -1.11. The summed E-state index contributed by atoms with van der Waals surface area (Å²) in [7, 11) is 1.28. The fourth-order valence-corrected chi connectivity index (χ4v) is 1.81. The second-order valence-electron chi connectivity index (χ2n) is 4.03. The van der Waals surface area contributed by atoms with E-state index < -0.39 is 11.9 Å². The van der Waals surface area contributed by atoms with Gasteiger partial charge in [-0.25, -0.2) is 14.6 Å². The second-order valence-corrected chi connectivity index (χ2v) is 4.03. The molecule has 1 aromatic carbocycles. The Balaban J connectivity index is 2.57. The quantitative estimate of drug-likeness (QED) is 0.826. The fourth-order valence-electron chi connectivity index (χ4n) is 1.81. The van der Waals surface area contributed by atoms with Gasteiger partial charge in [-0.1, -0.05) is 12.1 Å². The number of hydrogen-bond donors (Lipinski definition) is 2. The molecule has 0 spiro atoms. The average Bonchev–Trinajstić information content (AvgIpc) is 2.46. The SMILES string of the molecule is COC(=O)c1cccc(-c2cnc(N)cc2C(=O)O)c1. The molecule has 0 bridgehead atoms. The Bertz CT molecular complexity index is 683. The molecule has 6 heteroatoms. The number of carbonyl (C=O) groups excluding carboxylic acids is 1. The van der Waals surface area contributed by atoms with Crippen molar-refractivity contribution in [3.05, 3.63) is 47.7 Å². The van der Waals surface area contributed by atoms with Gasteiger partial charge in [0.2, 0.25) is 0 Å². The van der Waals surface area contributed by atoms with Crippen LogP contribution in [0, 0.1) is 0 Å². The smallest absolute Gasteiger partial charge is 0.337 e. The molecular weight excluding hydrogens is 260 g/mol. The molecule has 0 atom stereocenters. The summed E-state index contributed by atoms with van der Waals surface area (Å²) in [5.74, 6) is -1.49. The summed E-state index contributed by atoms with van der Waals surface area (Å²) in [6.07, 6.45) is 1.37. The molecule has 0 amide bonds. The van der Waals surface area contributed by atoms with Crippen LogP contribution in [0.5, 0.6) is 0 Å². The Morgan fingerprint density at radius 3 is 2.70 bits per heavy atom. The van der Waals surface area contributed by atoms with Gasteiger partial charge in [-0.3, -0.25) is 0 Å². The Hall–Kier alpha value is -2.89. The van der Waals surface area contributed by atoms with Crippen LogP contribution in [-0.4, -0.2) is 29.1 Å². The van der Waals surface area contributed by atoms with Gasteiger partial charge in [0, 0.05) is 11.8 Å². The first kappa shape index (κ1) is 13.5. The Kier molecular flexibility index (Phi) is 3.65. The van der Waals surface area contributed by atoms with Gasteiger partial charge in [-0.2, -0.15) is 0 Å². The van der Waals surface area contributed by atoms with E-state index in [9.17, 15) is 14.7 Å². The number of carboxylic acid groups (broad SMARTS) is 1. The van der Waals surface area contributed by atoms with Crippen LogP contribution in [0.15, 0.2) is 36.5 Å². The lowest BCUT2D eigenvalue weighted by molar-refractivity contribution is 0.0600. The van der Waals surface area contributed by atoms with E-state index in [2.05, 4.69) is 9.72 Å². The van der Waals surface area contributed by atoms with Crippen molar-refractivity contribution in [3.63, 3.8) is 0 Å². The number of esters is 1. The van der Waals surface area contributed by atoms with Gasteiger partial charge in [0.15, 0.2) is 0 Å². The van der Waals surface area contributed by atoms with Gasteiger partial charge in [0.25, 0.3) is 0 Å². The molecular formula is C14H12N2O4. The van der Waals surface area contributed by atoms with E-state index in [0.717, 1.165) is 0 Å². The number of carboxylic acids is 1. The topological polar surface area (TPSA) is 103 Å². The largest absolute Gasteiger partial charge is 0.478 e. The number of aromatic carboxylic acids is 1. The van der Waals surface area contributed by atoms with Crippen LogP contribution < -0.4 is 5.73 Å². The highest BCUT2D eigenvalue weighted by Gasteiger charge is 2.14. The number of nitrogen functional groups attached to an aromatic ring is 1. The molecule has 20 heavy (non-hydrogen) atoms. The molecule has 6 nitrogen and oxygen atoms in total. The van der Waals surface area contributed by atoms with Gasteiger partial charge in [-0.15, -0.1) is 0 Å². The standard InChI is InChI=1S/C14H12N2O4/c1-20-14(19)9-4-2-3-8(5-9)11-7-16-12(15)6-10(11)13(17)18/h2-7H,1H3,(H2,15,16)(H,17,18). The molecule has 2 rings (SSSR count). The molecule has 1 aromatic heterocycles. The van der Waals surface area contributed by atoms with Gasteiger partial charge >= 0.3 is 11.9 Å². The van der Waals surface area contributed by atoms with Gasteiger partial charge in [0.05, 0.1) is 18.2 Å². The zero-order chi connectivity index (χ0) is 14.7. The van der Waals surface area contributed by atoms with E-state index in [-0.39, 0.29) is 11.4 Å². The maximum atomic E-state index is 11.5. The number of aromatic nitrogens is 1. The van der Waals surface area contributed by atoms with Crippen molar-refractivity contribution < 1.29 is 19.4 Å². The molecule has 0 aliphatic carbocycles. The number of anilines is 1. The first-order valence-corrected chi connectivity index (χ1v) is 5.70. The Labute approximate surface area is 114 Å². The Morgan fingerprint density at radius 1 is 1.30 bits per heavy atom. The molecule has 0 radical (unpaired) electrons. The summed E-state index contributed by atoms with van der Waals surface area (Å²) in [5, 5.41) is 9.20. The van der Waals surface area contributed by atoms with Gasteiger partial charge in [-0.05, 0) is 23.8 Å². The molecule has 0 unspecified atom stereocenters. The predicted octanol–water partition coefficient (Wildman–Crippen LogP) is 1.82. The summed E-state index contributed by atoms with van der Waals surface area (Å²) in [4.78, 5) is 26.6. The molecule has 2 aromatic rings. The molecule has 0 saturated heterocycles. The lowest BCUT2D eigenvalue weighted by Gasteiger charge is -2.08. The third kappa shape index (κ3) is 2.59. The van der Waals surface area contributed by atoms with Crippen LogP contribution in [-0.2, 0) is 4.74 Å². The lowest BCUT2D eigenvalue weighted by atomic mass is 10.00. The van der Waals surface area contributed by atoms with Crippen molar-refractivity contribution in [1.29, 1.82) is 0 Å².